The van der Waals surface area contributed by atoms with Crippen molar-refractivity contribution in [2.45, 2.75) is 32.6 Å². The fourth-order valence-electron chi connectivity index (χ4n) is 3.42. The molecule has 0 heterocycles. The standard InChI is InChI=1S/C21H22N2O5/c1-4-27-19(24)18(20(25)28-5-2)15-10-17(21(11-15,12-22)13-23)14-6-8-16(26-3)9-7-14/h6-9,17H,4-5,10-11H2,1-3H3. The van der Waals surface area contributed by atoms with Crippen LogP contribution >= 0.6 is 0 Å². The second-order valence-corrected chi connectivity index (χ2v) is 6.32. The number of benzene rings is 1. The molecule has 0 bridgehead atoms. The number of methoxy groups -OCH3 is 1. The molecule has 1 unspecified atom stereocenters. The lowest BCUT2D eigenvalue weighted by molar-refractivity contribution is -0.146. The molecule has 0 aromatic heterocycles. The van der Waals surface area contributed by atoms with E-state index in [0.29, 0.717) is 11.3 Å². The molecule has 0 amide bonds. The summed E-state index contributed by atoms with van der Waals surface area (Å²) < 4.78 is 15.2. The van der Waals surface area contributed by atoms with Gasteiger partial charge in [-0.1, -0.05) is 12.1 Å². The van der Waals surface area contributed by atoms with Gasteiger partial charge in [-0.05, 0) is 43.5 Å². The minimum atomic E-state index is -1.39. The van der Waals surface area contributed by atoms with E-state index in [-0.39, 0.29) is 31.6 Å². The monoisotopic (exact) mass is 382 g/mol. The van der Waals surface area contributed by atoms with Gasteiger partial charge >= 0.3 is 11.9 Å². The molecule has 1 saturated carbocycles. The van der Waals surface area contributed by atoms with E-state index in [1.54, 1.807) is 45.2 Å². The number of esters is 2. The van der Waals surface area contributed by atoms with Crippen LogP contribution in [0.4, 0.5) is 0 Å². The van der Waals surface area contributed by atoms with Gasteiger partial charge in [0.2, 0.25) is 0 Å². The molecule has 2 rings (SSSR count). The summed E-state index contributed by atoms with van der Waals surface area (Å²) in [4.78, 5) is 24.8. The van der Waals surface area contributed by atoms with Gasteiger partial charge in [0.05, 0.1) is 32.5 Å². The first-order valence-electron chi connectivity index (χ1n) is 8.99. The third-order valence-electron chi connectivity index (χ3n) is 4.77. The quantitative estimate of drug-likeness (QED) is 0.322. The van der Waals surface area contributed by atoms with Crippen LogP contribution in [-0.4, -0.2) is 32.3 Å². The van der Waals surface area contributed by atoms with Crippen molar-refractivity contribution in [2.24, 2.45) is 5.41 Å². The van der Waals surface area contributed by atoms with Crippen LogP contribution in [0.2, 0.25) is 0 Å². The molecule has 0 radical (unpaired) electrons. The second kappa shape index (κ2) is 9.05. The SMILES string of the molecule is CCOC(=O)C(C(=O)OCC)=C1CC(c2ccc(OC)cc2)C(C#N)(C#N)C1. The van der Waals surface area contributed by atoms with E-state index in [0.717, 1.165) is 5.56 Å². The van der Waals surface area contributed by atoms with Crippen molar-refractivity contribution >= 4 is 11.9 Å². The van der Waals surface area contributed by atoms with Crippen molar-refractivity contribution in [1.82, 2.24) is 0 Å². The molecule has 1 aliphatic rings. The first-order valence-corrected chi connectivity index (χ1v) is 8.99. The van der Waals surface area contributed by atoms with Crippen molar-refractivity contribution in [2.75, 3.05) is 20.3 Å². The number of hydrogen-bond donors (Lipinski definition) is 0. The van der Waals surface area contributed by atoms with Crippen LogP contribution in [0, 0.1) is 28.1 Å². The van der Waals surface area contributed by atoms with E-state index in [9.17, 15) is 20.1 Å². The lowest BCUT2D eigenvalue weighted by Gasteiger charge is -2.21. The van der Waals surface area contributed by atoms with Crippen LogP contribution < -0.4 is 4.74 Å². The van der Waals surface area contributed by atoms with Crippen LogP contribution in [0.3, 0.4) is 0 Å². The lowest BCUT2D eigenvalue weighted by atomic mass is 9.77. The molecule has 28 heavy (non-hydrogen) atoms. The number of carbonyl (C=O) groups is 2. The molecule has 7 heteroatoms. The first kappa shape index (κ1) is 21.0. The van der Waals surface area contributed by atoms with E-state index < -0.39 is 23.3 Å². The molecule has 0 spiro atoms. The smallest absolute Gasteiger partial charge is 0.345 e. The van der Waals surface area contributed by atoms with Gasteiger partial charge in [-0.25, -0.2) is 9.59 Å². The summed E-state index contributed by atoms with van der Waals surface area (Å²) in [7, 11) is 1.55. The summed E-state index contributed by atoms with van der Waals surface area (Å²) in [6, 6.07) is 11.3. The number of rotatable bonds is 6. The largest absolute Gasteiger partial charge is 0.497 e. The molecule has 0 saturated heterocycles. The highest BCUT2D eigenvalue weighted by atomic mass is 16.6. The van der Waals surface area contributed by atoms with Crippen LogP contribution in [-0.2, 0) is 19.1 Å². The van der Waals surface area contributed by atoms with Crippen LogP contribution in [0.25, 0.3) is 0 Å². The second-order valence-electron chi connectivity index (χ2n) is 6.32. The molecule has 0 N–H and O–H groups in total. The fourth-order valence-corrected chi connectivity index (χ4v) is 3.42. The van der Waals surface area contributed by atoms with Gasteiger partial charge in [0.25, 0.3) is 0 Å². The predicted molar refractivity (Wildman–Crippen MR) is 98.9 cm³/mol. The Kier molecular flexibility index (Phi) is 6.79. The Morgan fingerprint density at radius 1 is 1.07 bits per heavy atom. The van der Waals surface area contributed by atoms with Gasteiger partial charge in [0, 0.05) is 12.3 Å². The topological polar surface area (TPSA) is 109 Å². The van der Waals surface area contributed by atoms with Gasteiger partial charge < -0.3 is 14.2 Å². The van der Waals surface area contributed by atoms with E-state index in [4.69, 9.17) is 14.2 Å². The fraction of sp³-hybridized carbons (Fsp3) is 0.429. The number of ether oxygens (including phenoxy) is 3. The molecule has 1 aromatic carbocycles. The summed E-state index contributed by atoms with van der Waals surface area (Å²) in [6.45, 7) is 3.46. The predicted octanol–water partition coefficient (Wildman–Crippen LogP) is 3.03. The maximum atomic E-state index is 12.4. The molecule has 0 aliphatic heterocycles. The van der Waals surface area contributed by atoms with Crippen molar-refractivity contribution < 1.29 is 23.8 Å². The number of nitriles is 2. The Morgan fingerprint density at radius 3 is 2.04 bits per heavy atom. The highest BCUT2D eigenvalue weighted by Gasteiger charge is 2.49. The van der Waals surface area contributed by atoms with Crippen molar-refractivity contribution in [3.8, 4) is 17.9 Å². The zero-order valence-electron chi connectivity index (χ0n) is 16.2. The number of hydrogen-bond acceptors (Lipinski definition) is 7. The summed E-state index contributed by atoms with van der Waals surface area (Å²) >= 11 is 0. The number of nitrogens with zero attached hydrogens (tertiary/aromatic N) is 2. The maximum absolute atomic E-state index is 12.4. The Balaban J connectivity index is 2.55. The summed E-state index contributed by atoms with van der Waals surface area (Å²) in [5, 5.41) is 19.6. The summed E-state index contributed by atoms with van der Waals surface area (Å²) in [6.07, 6.45) is 0.185. The average Bonchev–Trinajstić information content (AvgIpc) is 3.08. The third kappa shape index (κ3) is 3.99. The number of carbonyl (C=O) groups excluding carboxylic acids is 2. The minimum absolute atomic E-state index is 0.0241. The zero-order chi connectivity index (χ0) is 20.7. The highest BCUT2D eigenvalue weighted by molar-refractivity contribution is 6.14. The van der Waals surface area contributed by atoms with E-state index in [2.05, 4.69) is 12.1 Å². The van der Waals surface area contributed by atoms with Gasteiger partial charge in [-0.3, -0.25) is 0 Å². The van der Waals surface area contributed by atoms with Crippen molar-refractivity contribution in [1.29, 1.82) is 10.5 Å². The van der Waals surface area contributed by atoms with E-state index >= 15 is 0 Å². The molecular weight excluding hydrogens is 360 g/mol. The Morgan fingerprint density at radius 2 is 1.61 bits per heavy atom. The minimum Gasteiger partial charge on any atom is -0.497 e. The van der Waals surface area contributed by atoms with Crippen molar-refractivity contribution in [3.05, 3.63) is 41.0 Å². The Labute approximate surface area is 164 Å². The summed E-state index contributed by atoms with van der Waals surface area (Å²) in [5.41, 5.74) is -0.449. The first-order chi connectivity index (χ1) is 13.5. The van der Waals surface area contributed by atoms with Gasteiger partial charge in [-0.2, -0.15) is 10.5 Å². The van der Waals surface area contributed by atoms with Gasteiger partial charge in [0.15, 0.2) is 5.41 Å². The van der Waals surface area contributed by atoms with Crippen LogP contribution in [0.1, 0.15) is 38.2 Å². The molecular formula is C21H22N2O5. The molecule has 1 aromatic rings. The lowest BCUT2D eigenvalue weighted by Crippen LogP contribution is -2.21. The number of allylic oxidation sites excluding steroid dienone is 1. The van der Waals surface area contributed by atoms with Crippen molar-refractivity contribution in [3.63, 3.8) is 0 Å². The highest BCUT2D eigenvalue weighted by Crippen LogP contribution is 2.52. The Hall–Kier alpha value is -3.32. The molecule has 7 nitrogen and oxygen atoms in total. The van der Waals surface area contributed by atoms with Gasteiger partial charge in [0.1, 0.15) is 11.3 Å². The molecule has 1 aliphatic carbocycles. The van der Waals surface area contributed by atoms with Crippen LogP contribution in [0.15, 0.2) is 35.4 Å². The van der Waals surface area contributed by atoms with E-state index in [1.165, 1.54) is 0 Å². The van der Waals surface area contributed by atoms with Gasteiger partial charge in [-0.15, -0.1) is 0 Å². The van der Waals surface area contributed by atoms with Crippen LogP contribution in [0.5, 0.6) is 5.75 Å². The molecule has 1 atom stereocenters. The molecule has 1 fully saturated rings. The molecule has 146 valence electrons. The maximum Gasteiger partial charge on any atom is 0.345 e. The normalized spacial score (nSPS) is 17.2. The average molecular weight is 382 g/mol. The van der Waals surface area contributed by atoms with E-state index in [1.807, 2.05) is 0 Å². The zero-order valence-corrected chi connectivity index (χ0v) is 16.2. The Bertz CT molecular complexity index is 824. The third-order valence-corrected chi connectivity index (χ3v) is 4.77. The summed E-state index contributed by atoms with van der Waals surface area (Å²) in [5.74, 6) is -1.44.